The molecule has 1 amide bonds. The van der Waals surface area contributed by atoms with Crippen LogP contribution in [0.2, 0.25) is 0 Å². The second-order valence-corrected chi connectivity index (χ2v) is 6.81. The van der Waals surface area contributed by atoms with E-state index in [1.165, 1.54) is 6.92 Å². The summed E-state index contributed by atoms with van der Waals surface area (Å²) in [6.07, 6.45) is 0. The zero-order valence-corrected chi connectivity index (χ0v) is 15.1. The SMILES string of the molecule is CC(=O)c1ccc(NC(=O)[C@H](Br)[C@H](Br)c2ccccc2)cc1. The first-order valence-electron chi connectivity index (χ1n) is 6.74. The minimum atomic E-state index is -0.414. The number of carbonyl (C=O) groups excluding carboxylic acids is 2. The molecular formula is C17H15Br2NO2. The number of carbonyl (C=O) groups is 2. The Bertz CT molecular complexity index is 656. The van der Waals surface area contributed by atoms with Gasteiger partial charge < -0.3 is 5.32 Å². The van der Waals surface area contributed by atoms with Gasteiger partial charge in [0, 0.05) is 11.3 Å². The van der Waals surface area contributed by atoms with Crippen LogP contribution < -0.4 is 5.32 Å². The molecule has 2 atom stereocenters. The van der Waals surface area contributed by atoms with Gasteiger partial charge in [0.2, 0.25) is 5.91 Å². The summed E-state index contributed by atoms with van der Waals surface area (Å²) in [6.45, 7) is 1.51. The van der Waals surface area contributed by atoms with E-state index in [4.69, 9.17) is 0 Å². The minimum absolute atomic E-state index is 0.000782. The van der Waals surface area contributed by atoms with Crippen LogP contribution in [0, 0.1) is 0 Å². The first-order chi connectivity index (χ1) is 10.5. The number of ketones is 1. The van der Waals surface area contributed by atoms with Crippen LogP contribution in [0.4, 0.5) is 5.69 Å². The van der Waals surface area contributed by atoms with Crippen molar-refractivity contribution in [3.05, 3.63) is 65.7 Å². The molecule has 0 radical (unpaired) electrons. The Labute approximate surface area is 146 Å². The van der Waals surface area contributed by atoms with Gasteiger partial charge in [0.1, 0.15) is 4.83 Å². The number of hydrogen-bond donors (Lipinski definition) is 1. The van der Waals surface area contributed by atoms with Gasteiger partial charge >= 0.3 is 0 Å². The molecule has 0 aliphatic carbocycles. The fourth-order valence-corrected chi connectivity index (χ4v) is 2.90. The van der Waals surface area contributed by atoms with Crippen LogP contribution in [-0.4, -0.2) is 16.5 Å². The van der Waals surface area contributed by atoms with Gasteiger partial charge in [0.15, 0.2) is 5.78 Å². The van der Waals surface area contributed by atoms with Crippen molar-refractivity contribution in [2.24, 2.45) is 0 Å². The van der Waals surface area contributed by atoms with E-state index in [0.29, 0.717) is 11.3 Å². The zero-order chi connectivity index (χ0) is 16.1. The molecule has 0 spiro atoms. The molecule has 0 unspecified atom stereocenters. The molecule has 0 heterocycles. The van der Waals surface area contributed by atoms with Gasteiger partial charge in [0.05, 0.1) is 4.83 Å². The minimum Gasteiger partial charge on any atom is -0.325 e. The summed E-state index contributed by atoms with van der Waals surface area (Å²) < 4.78 is 0. The van der Waals surface area contributed by atoms with Crippen molar-refractivity contribution < 1.29 is 9.59 Å². The molecule has 2 aromatic rings. The first kappa shape index (κ1) is 16.9. The van der Waals surface area contributed by atoms with E-state index in [1.54, 1.807) is 24.3 Å². The van der Waals surface area contributed by atoms with Crippen LogP contribution in [0.1, 0.15) is 27.7 Å². The highest BCUT2D eigenvalue weighted by molar-refractivity contribution is 9.12. The van der Waals surface area contributed by atoms with Crippen molar-refractivity contribution in [2.45, 2.75) is 16.6 Å². The lowest BCUT2D eigenvalue weighted by Gasteiger charge is -2.17. The molecule has 0 saturated heterocycles. The van der Waals surface area contributed by atoms with Crippen molar-refractivity contribution in [3.63, 3.8) is 0 Å². The van der Waals surface area contributed by atoms with Gasteiger partial charge in [-0.2, -0.15) is 0 Å². The number of rotatable bonds is 5. The third-order valence-corrected chi connectivity index (χ3v) is 5.90. The Morgan fingerprint density at radius 1 is 0.955 bits per heavy atom. The van der Waals surface area contributed by atoms with Gasteiger partial charge in [-0.3, -0.25) is 9.59 Å². The lowest BCUT2D eigenvalue weighted by Crippen LogP contribution is -2.26. The summed E-state index contributed by atoms with van der Waals surface area (Å²) in [5, 5.41) is 2.83. The lowest BCUT2D eigenvalue weighted by molar-refractivity contribution is -0.115. The Balaban J connectivity index is 2.03. The Hall–Kier alpha value is -1.46. The highest BCUT2D eigenvalue weighted by Crippen LogP contribution is 2.31. The fourth-order valence-electron chi connectivity index (χ4n) is 1.94. The monoisotopic (exact) mass is 423 g/mol. The molecule has 2 rings (SSSR count). The molecule has 0 fully saturated rings. The van der Waals surface area contributed by atoms with E-state index >= 15 is 0 Å². The summed E-state index contributed by atoms with van der Waals surface area (Å²) in [5.74, 6) is -0.151. The van der Waals surface area contributed by atoms with Crippen molar-refractivity contribution in [1.82, 2.24) is 0 Å². The molecule has 0 aromatic heterocycles. The Kier molecular flexibility index (Phi) is 5.91. The maximum atomic E-state index is 12.3. The van der Waals surface area contributed by atoms with Crippen LogP contribution in [0.5, 0.6) is 0 Å². The Morgan fingerprint density at radius 3 is 2.09 bits per heavy atom. The summed E-state index contributed by atoms with van der Waals surface area (Å²) >= 11 is 6.97. The summed E-state index contributed by atoms with van der Waals surface area (Å²) in [4.78, 5) is 23.0. The van der Waals surface area contributed by atoms with Crippen LogP contribution in [0.3, 0.4) is 0 Å². The normalized spacial score (nSPS) is 13.2. The summed E-state index contributed by atoms with van der Waals surface area (Å²) in [5.41, 5.74) is 2.30. The van der Waals surface area contributed by atoms with Gasteiger partial charge in [-0.05, 0) is 36.8 Å². The van der Waals surface area contributed by atoms with E-state index in [-0.39, 0.29) is 16.5 Å². The average Bonchev–Trinajstić information content (AvgIpc) is 2.54. The number of alkyl halides is 2. The molecule has 0 bridgehead atoms. The summed E-state index contributed by atoms with van der Waals surface area (Å²) in [6, 6.07) is 16.6. The number of nitrogens with one attached hydrogen (secondary N) is 1. The lowest BCUT2D eigenvalue weighted by atomic mass is 10.1. The molecule has 2 aromatic carbocycles. The van der Waals surface area contributed by atoms with E-state index in [2.05, 4.69) is 37.2 Å². The largest absolute Gasteiger partial charge is 0.325 e. The second-order valence-electron chi connectivity index (χ2n) is 4.84. The molecule has 1 N–H and O–H groups in total. The average molecular weight is 425 g/mol. The number of hydrogen-bond acceptors (Lipinski definition) is 2. The molecule has 0 saturated carbocycles. The molecule has 0 aliphatic heterocycles. The maximum absolute atomic E-state index is 12.3. The topological polar surface area (TPSA) is 46.2 Å². The highest BCUT2D eigenvalue weighted by atomic mass is 79.9. The number of halogens is 2. The predicted molar refractivity (Wildman–Crippen MR) is 95.9 cm³/mol. The van der Waals surface area contributed by atoms with Crippen molar-refractivity contribution in [2.75, 3.05) is 5.32 Å². The molecule has 5 heteroatoms. The van der Waals surface area contributed by atoms with Crippen LogP contribution in [-0.2, 0) is 4.79 Å². The highest BCUT2D eigenvalue weighted by Gasteiger charge is 2.24. The van der Waals surface area contributed by atoms with E-state index < -0.39 is 4.83 Å². The Morgan fingerprint density at radius 2 is 1.55 bits per heavy atom. The third-order valence-electron chi connectivity index (χ3n) is 3.18. The van der Waals surface area contributed by atoms with Gasteiger partial charge in [-0.15, -0.1) is 0 Å². The van der Waals surface area contributed by atoms with Crippen molar-refractivity contribution in [3.8, 4) is 0 Å². The third kappa shape index (κ3) is 4.27. The van der Waals surface area contributed by atoms with E-state index in [1.807, 2.05) is 30.3 Å². The number of Topliss-reactive ketones (excluding diaryl/α,β-unsaturated/α-hetero) is 1. The molecule has 3 nitrogen and oxygen atoms in total. The summed E-state index contributed by atoms with van der Waals surface area (Å²) in [7, 11) is 0. The number of anilines is 1. The second kappa shape index (κ2) is 7.70. The van der Waals surface area contributed by atoms with Crippen molar-refractivity contribution in [1.29, 1.82) is 0 Å². The molecular weight excluding hydrogens is 410 g/mol. The smallest absolute Gasteiger partial charge is 0.239 e. The van der Waals surface area contributed by atoms with Crippen LogP contribution >= 0.6 is 31.9 Å². The predicted octanol–water partition coefficient (Wildman–Crippen LogP) is 4.73. The molecule has 114 valence electrons. The molecule has 0 aliphatic rings. The number of benzene rings is 2. The zero-order valence-electron chi connectivity index (χ0n) is 11.9. The van der Waals surface area contributed by atoms with Gasteiger partial charge in [-0.25, -0.2) is 0 Å². The molecule has 22 heavy (non-hydrogen) atoms. The standard InChI is InChI=1S/C17H15Br2NO2/c1-11(21)12-7-9-14(10-8-12)20-17(22)16(19)15(18)13-5-3-2-4-6-13/h2-10,15-16H,1H3,(H,20,22)/t15-,16-/m1/s1. The van der Waals surface area contributed by atoms with Crippen LogP contribution in [0.15, 0.2) is 54.6 Å². The van der Waals surface area contributed by atoms with Crippen LogP contribution in [0.25, 0.3) is 0 Å². The first-order valence-corrected chi connectivity index (χ1v) is 8.57. The van der Waals surface area contributed by atoms with E-state index in [9.17, 15) is 9.59 Å². The van der Waals surface area contributed by atoms with Gasteiger partial charge in [-0.1, -0.05) is 62.2 Å². The fraction of sp³-hybridized carbons (Fsp3) is 0.176. The van der Waals surface area contributed by atoms with E-state index in [0.717, 1.165) is 5.56 Å². The van der Waals surface area contributed by atoms with Crippen molar-refractivity contribution >= 4 is 49.2 Å². The van der Waals surface area contributed by atoms with Gasteiger partial charge in [0.25, 0.3) is 0 Å². The number of amides is 1. The quantitative estimate of drug-likeness (QED) is 0.557. The maximum Gasteiger partial charge on any atom is 0.239 e.